The molecule has 0 aliphatic rings. The number of hydrogen-bond acceptors (Lipinski definition) is 4. The molecule has 110 valence electrons. The number of carbonyl (C=O) groups excluding carboxylic acids is 2. The third-order valence-corrected chi connectivity index (χ3v) is 2.93. The van der Waals surface area contributed by atoms with Crippen LogP contribution < -0.4 is 10.1 Å². The van der Waals surface area contributed by atoms with Crippen LogP contribution in [0.3, 0.4) is 0 Å². The van der Waals surface area contributed by atoms with Gasteiger partial charge in [-0.1, -0.05) is 12.1 Å². The van der Waals surface area contributed by atoms with E-state index in [0.717, 1.165) is 0 Å². The van der Waals surface area contributed by atoms with Gasteiger partial charge in [0, 0.05) is 5.56 Å². The number of benzene rings is 2. The Morgan fingerprint density at radius 2 is 1.77 bits per heavy atom. The van der Waals surface area contributed by atoms with Crippen LogP contribution in [0.5, 0.6) is 5.75 Å². The van der Waals surface area contributed by atoms with E-state index in [4.69, 9.17) is 10.00 Å². The van der Waals surface area contributed by atoms with Crippen LogP contribution >= 0.6 is 0 Å². The highest BCUT2D eigenvalue weighted by atomic mass is 16.5. The van der Waals surface area contributed by atoms with E-state index in [1.54, 1.807) is 24.3 Å². The molecule has 5 nitrogen and oxygen atoms in total. The predicted octanol–water partition coefficient (Wildman–Crippen LogP) is 2.53. The van der Waals surface area contributed by atoms with Gasteiger partial charge in [0.15, 0.2) is 0 Å². The zero-order valence-electron chi connectivity index (χ0n) is 12.0. The van der Waals surface area contributed by atoms with Gasteiger partial charge in [-0.2, -0.15) is 5.26 Å². The van der Waals surface area contributed by atoms with Gasteiger partial charge >= 0.3 is 0 Å². The van der Waals surface area contributed by atoms with Gasteiger partial charge in [-0.05, 0) is 43.3 Å². The molecule has 0 unspecified atom stereocenters. The van der Waals surface area contributed by atoms with Crippen molar-refractivity contribution in [2.24, 2.45) is 0 Å². The molecule has 0 fully saturated rings. The summed E-state index contributed by atoms with van der Waals surface area (Å²) in [5, 5.41) is 11.0. The molecule has 2 amide bonds. The number of imide groups is 1. The van der Waals surface area contributed by atoms with Crippen molar-refractivity contribution in [2.45, 2.75) is 6.92 Å². The largest absolute Gasteiger partial charge is 0.493 e. The Morgan fingerprint density at radius 1 is 1.09 bits per heavy atom. The monoisotopic (exact) mass is 294 g/mol. The van der Waals surface area contributed by atoms with Crippen LogP contribution in [0.4, 0.5) is 0 Å². The summed E-state index contributed by atoms with van der Waals surface area (Å²) in [6, 6.07) is 14.7. The van der Waals surface area contributed by atoms with Crippen LogP contribution in [0.15, 0.2) is 48.5 Å². The van der Waals surface area contributed by atoms with E-state index in [-0.39, 0.29) is 0 Å². The highest BCUT2D eigenvalue weighted by Crippen LogP contribution is 2.17. The average Bonchev–Trinajstić information content (AvgIpc) is 2.55. The SMILES string of the molecule is CCOc1ccccc1C(=O)NC(=O)c1ccc(C#N)cc1. The van der Waals surface area contributed by atoms with Crippen LogP contribution in [-0.2, 0) is 0 Å². The first-order valence-electron chi connectivity index (χ1n) is 6.73. The lowest BCUT2D eigenvalue weighted by atomic mass is 10.1. The number of hydrogen-bond donors (Lipinski definition) is 1. The Bertz CT molecular complexity index is 730. The van der Waals surface area contributed by atoms with Crippen LogP contribution in [0.25, 0.3) is 0 Å². The van der Waals surface area contributed by atoms with E-state index in [0.29, 0.717) is 29.0 Å². The minimum atomic E-state index is -0.529. The highest BCUT2D eigenvalue weighted by Gasteiger charge is 2.15. The van der Waals surface area contributed by atoms with Crippen molar-refractivity contribution in [3.63, 3.8) is 0 Å². The van der Waals surface area contributed by atoms with Gasteiger partial charge in [-0.15, -0.1) is 0 Å². The second-order valence-electron chi connectivity index (χ2n) is 4.40. The quantitative estimate of drug-likeness (QED) is 0.879. The fourth-order valence-corrected chi connectivity index (χ4v) is 1.87. The summed E-state index contributed by atoms with van der Waals surface area (Å²) in [6.07, 6.45) is 0. The summed E-state index contributed by atoms with van der Waals surface area (Å²) in [7, 11) is 0. The summed E-state index contributed by atoms with van der Waals surface area (Å²) in [5.41, 5.74) is 1.05. The second kappa shape index (κ2) is 7.04. The third-order valence-electron chi connectivity index (χ3n) is 2.93. The molecular formula is C17H14N2O3. The molecule has 1 N–H and O–H groups in total. The van der Waals surface area contributed by atoms with Crippen molar-refractivity contribution in [2.75, 3.05) is 6.61 Å². The molecule has 0 spiro atoms. The van der Waals surface area contributed by atoms with E-state index >= 15 is 0 Å². The van der Waals surface area contributed by atoms with E-state index in [1.165, 1.54) is 24.3 Å². The lowest BCUT2D eigenvalue weighted by Crippen LogP contribution is -2.30. The van der Waals surface area contributed by atoms with Gasteiger partial charge in [0.25, 0.3) is 11.8 Å². The Morgan fingerprint density at radius 3 is 2.41 bits per heavy atom. The number of carbonyl (C=O) groups is 2. The first-order chi connectivity index (χ1) is 10.7. The number of nitriles is 1. The zero-order valence-corrected chi connectivity index (χ0v) is 12.0. The fourth-order valence-electron chi connectivity index (χ4n) is 1.87. The molecule has 2 rings (SSSR count). The van der Waals surface area contributed by atoms with Gasteiger partial charge < -0.3 is 4.74 Å². The van der Waals surface area contributed by atoms with Crippen molar-refractivity contribution in [1.29, 1.82) is 5.26 Å². The second-order valence-corrected chi connectivity index (χ2v) is 4.40. The molecule has 0 aliphatic carbocycles. The van der Waals surface area contributed by atoms with Gasteiger partial charge in [-0.3, -0.25) is 14.9 Å². The molecule has 5 heteroatoms. The molecule has 0 saturated heterocycles. The van der Waals surface area contributed by atoms with Gasteiger partial charge in [0.05, 0.1) is 23.8 Å². The molecule has 2 aromatic rings. The molecule has 22 heavy (non-hydrogen) atoms. The van der Waals surface area contributed by atoms with E-state index in [2.05, 4.69) is 5.32 Å². The standard InChI is InChI=1S/C17H14N2O3/c1-2-22-15-6-4-3-5-14(15)17(21)19-16(20)13-9-7-12(11-18)8-10-13/h3-10H,2H2,1H3,(H,19,20,21). The Hall–Kier alpha value is -3.13. The lowest BCUT2D eigenvalue weighted by Gasteiger charge is -2.09. The van der Waals surface area contributed by atoms with Gasteiger partial charge in [0.2, 0.25) is 0 Å². The maximum absolute atomic E-state index is 12.2. The fraction of sp³-hybridized carbons (Fsp3) is 0.118. The zero-order chi connectivity index (χ0) is 15.9. The smallest absolute Gasteiger partial charge is 0.261 e. The Kier molecular flexibility index (Phi) is 4.89. The first kappa shape index (κ1) is 15.3. The van der Waals surface area contributed by atoms with Crippen LogP contribution in [0, 0.1) is 11.3 Å². The van der Waals surface area contributed by atoms with Crippen molar-refractivity contribution < 1.29 is 14.3 Å². The topological polar surface area (TPSA) is 79.2 Å². The number of nitrogens with one attached hydrogen (secondary N) is 1. The average molecular weight is 294 g/mol. The highest BCUT2D eigenvalue weighted by molar-refractivity contribution is 6.11. The molecule has 0 radical (unpaired) electrons. The normalized spacial score (nSPS) is 9.64. The van der Waals surface area contributed by atoms with Crippen LogP contribution in [0.1, 0.15) is 33.2 Å². The number of amides is 2. The van der Waals surface area contributed by atoms with Crippen LogP contribution in [-0.4, -0.2) is 18.4 Å². The first-order valence-corrected chi connectivity index (χ1v) is 6.73. The summed E-state index contributed by atoms with van der Waals surface area (Å²) in [5.74, 6) is -0.630. The van der Waals surface area contributed by atoms with E-state index in [9.17, 15) is 9.59 Å². The van der Waals surface area contributed by atoms with Crippen molar-refractivity contribution in [1.82, 2.24) is 5.32 Å². The minimum Gasteiger partial charge on any atom is -0.493 e. The maximum atomic E-state index is 12.2. The molecule has 0 atom stereocenters. The maximum Gasteiger partial charge on any atom is 0.261 e. The molecule has 0 heterocycles. The van der Waals surface area contributed by atoms with Crippen molar-refractivity contribution in [3.8, 4) is 11.8 Å². The summed E-state index contributed by atoms with van der Waals surface area (Å²) in [6.45, 7) is 2.24. The number of ether oxygens (including phenoxy) is 1. The molecule has 0 aromatic heterocycles. The number of para-hydroxylation sites is 1. The molecule has 0 aliphatic heterocycles. The van der Waals surface area contributed by atoms with Gasteiger partial charge in [-0.25, -0.2) is 0 Å². The molecule has 0 saturated carbocycles. The number of nitrogens with zero attached hydrogens (tertiary/aromatic N) is 1. The molecule has 2 aromatic carbocycles. The van der Waals surface area contributed by atoms with Crippen molar-refractivity contribution >= 4 is 11.8 Å². The van der Waals surface area contributed by atoms with Crippen LogP contribution in [0.2, 0.25) is 0 Å². The summed E-state index contributed by atoms with van der Waals surface area (Å²) >= 11 is 0. The Balaban J connectivity index is 2.14. The minimum absolute atomic E-state index is 0.298. The summed E-state index contributed by atoms with van der Waals surface area (Å²) in [4.78, 5) is 24.2. The predicted molar refractivity (Wildman–Crippen MR) is 80.6 cm³/mol. The lowest BCUT2D eigenvalue weighted by molar-refractivity contribution is 0.0847. The third kappa shape index (κ3) is 3.49. The molecule has 0 bridgehead atoms. The Labute approximate surface area is 128 Å². The number of rotatable bonds is 4. The van der Waals surface area contributed by atoms with E-state index < -0.39 is 11.8 Å². The van der Waals surface area contributed by atoms with Gasteiger partial charge in [0.1, 0.15) is 5.75 Å². The summed E-state index contributed by atoms with van der Waals surface area (Å²) < 4.78 is 5.37. The molecular weight excluding hydrogens is 280 g/mol. The van der Waals surface area contributed by atoms with Crippen molar-refractivity contribution in [3.05, 3.63) is 65.2 Å². The van der Waals surface area contributed by atoms with E-state index in [1.807, 2.05) is 13.0 Å².